The van der Waals surface area contributed by atoms with Gasteiger partial charge in [-0.15, -0.1) is 0 Å². The number of hydrogen-bond donors (Lipinski definition) is 1. The number of nitrogens with one attached hydrogen (secondary N) is 1. The largest absolute Gasteiger partial charge is 0.490 e. The van der Waals surface area contributed by atoms with E-state index in [0.29, 0.717) is 29.7 Å². The molecule has 1 N–H and O–H groups in total. The maximum Gasteiger partial charge on any atom is 0.243 e. The van der Waals surface area contributed by atoms with Crippen molar-refractivity contribution in [2.45, 2.75) is 25.3 Å². The van der Waals surface area contributed by atoms with Gasteiger partial charge in [-0.25, -0.2) is 8.42 Å². The van der Waals surface area contributed by atoms with Crippen LogP contribution in [-0.4, -0.2) is 45.4 Å². The van der Waals surface area contributed by atoms with E-state index in [9.17, 15) is 13.2 Å². The Hall–Kier alpha value is -2.29. The highest BCUT2D eigenvalue weighted by atomic mass is 35.5. The predicted octanol–water partition coefficient (Wildman–Crippen LogP) is 3.07. The van der Waals surface area contributed by atoms with Crippen LogP contribution in [0.25, 0.3) is 0 Å². The molecular formula is C20H25ClN2O5S. The minimum absolute atomic E-state index is 0.0741. The van der Waals surface area contributed by atoms with Gasteiger partial charge < -0.3 is 14.8 Å². The highest BCUT2D eigenvalue weighted by Crippen LogP contribution is 2.28. The average molecular weight is 441 g/mol. The van der Waals surface area contributed by atoms with Gasteiger partial charge in [0.05, 0.1) is 24.7 Å². The summed E-state index contributed by atoms with van der Waals surface area (Å²) in [4.78, 5) is 12.3. The van der Waals surface area contributed by atoms with Crippen LogP contribution in [0.1, 0.15) is 19.4 Å². The summed E-state index contributed by atoms with van der Waals surface area (Å²) in [5.74, 6) is 0.818. The van der Waals surface area contributed by atoms with E-state index in [0.717, 1.165) is 9.87 Å². The van der Waals surface area contributed by atoms with E-state index < -0.39 is 15.9 Å². The number of sulfonamides is 1. The van der Waals surface area contributed by atoms with Gasteiger partial charge in [0.1, 0.15) is 0 Å². The third kappa shape index (κ3) is 6.35. The summed E-state index contributed by atoms with van der Waals surface area (Å²) in [5.41, 5.74) is 0.813. The Morgan fingerprint density at radius 3 is 2.28 bits per heavy atom. The SMILES string of the molecule is CCOc1ccc(CNC(=O)CN(C)S(=O)(=O)c2ccc(Cl)cc2)cc1OCC. The van der Waals surface area contributed by atoms with Gasteiger partial charge in [0, 0.05) is 18.6 Å². The van der Waals surface area contributed by atoms with Crippen LogP contribution in [0.15, 0.2) is 47.4 Å². The van der Waals surface area contributed by atoms with Gasteiger partial charge in [-0.05, 0) is 55.8 Å². The summed E-state index contributed by atoms with van der Waals surface area (Å²) in [5, 5.41) is 3.16. The number of benzene rings is 2. The average Bonchev–Trinajstić information content (AvgIpc) is 2.68. The van der Waals surface area contributed by atoms with Gasteiger partial charge in [0.2, 0.25) is 15.9 Å². The number of halogens is 1. The molecule has 0 bridgehead atoms. The normalized spacial score (nSPS) is 11.3. The first-order valence-electron chi connectivity index (χ1n) is 9.15. The summed E-state index contributed by atoms with van der Waals surface area (Å²) in [6.07, 6.45) is 0. The summed E-state index contributed by atoms with van der Waals surface area (Å²) in [6.45, 7) is 4.70. The lowest BCUT2D eigenvalue weighted by atomic mass is 10.2. The number of hydrogen-bond acceptors (Lipinski definition) is 5. The van der Waals surface area contributed by atoms with Gasteiger partial charge in [-0.2, -0.15) is 4.31 Å². The first kappa shape index (κ1) is 23.0. The fraction of sp³-hybridized carbons (Fsp3) is 0.350. The first-order chi connectivity index (χ1) is 13.8. The molecule has 9 heteroatoms. The number of carbonyl (C=O) groups excluding carboxylic acids is 1. The quantitative estimate of drug-likeness (QED) is 0.613. The van der Waals surface area contributed by atoms with E-state index in [-0.39, 0.29) is 18.0 Å². The first-order valence-corrected chi connectivity index (χ1v) is 11.0. The number of carbonyl (C=O) groups is 1. The number of amides is 1. The molecule has 29 heavy (non-hydrogen) atoms. The third-order valence-electron chi connectivity index (χ3n) is 3.99. The molecule has 0 aliphatic heterocycles. The monoisotopic (exact) mass is 440 g/mol. The maximum absolute atomic E-state index is 12.5. The van der Waals surface area contributed by atoms with Gasteiger partial charge in [0.25, 0.3) is 0 Å². The van der Waals surface area contributed by atoms with E-state index in [1.807, 2.05) is 19.9 Å². The molecule has 2 rings (SSSR count). The molecule has 0 radical (unpaired) electrons. The van der Waals surface area contributed by atoms with E-state index in [1.165, 1.54) is 31.3 Å². The molecule has 1 amide bonds. The van der Waals surface area contributed by atoms with Crippen LogP contribution in [0.5, 0.6) is 11.5 Å². The van der Waals surface area contributed by atoms with Gasteiger partial charge in [-0.1, -0.05) is 17.7 Å². The van der Waals surface area contributed by atoms with Crippen molar-refractivity contribution in [2.75, 3.05) is 26.8 Å². The molecule has 0 unspecified atom stereocenters. The van der Waals surface area contributed by atoms with Crippen molar-refractivity contribution in [3.05, 3.63) is 53.1 Å². The van der Waals surface area contributed by atoms with E-state index in [4.69, 9.17) is 21.1 Å². The van der Waals surface area contributed by atoms with Crippen LogP contribution in [-0.2, 0) is 21.4 Å². The molecule has 0 heterocycles. The van der Waals surface area contributed by atoms with Crippen molar-refractivity contribution in [3.8, 4) is 11.5 Å². The molecule has 0 saturated heterocycles. The molecule has 0 spiro atoms. The Kier molecular flexibility index (Phi) is 8.31. The smallest absolute Gasteiger partial charge is 0.243 e. The second-order valence-corrected chi connectivity index (χ2v) is 8.62. The maximum atomic E-state index is 12.5. The van der Waals surface area contributed by atoms with Crippen LogP contribution < -0.4 is 14.8 Å². The van der Waals surface area contributed by atoms with Crippen LogP contribution in [0.4, 0.5) is 0 Å². The minimum atomic E-state index is -3.78. The number of likely N-dealkylation sites (N-methyl/N-ethyl adjacent to an activating group) is 1. The summed E-state index contributed by atoms with van der Waals surface area (Å²) in [6, 6.07) is 11.2. The van der Waals surface area contributed by atoms with Gasteiger partial charge in [-0.3, -0.25) is 4.79 Å². The lowest BCUT2D eigenvalue weighted by Gasteiger charge is -2.17. The molecule has 2 aromatic carbocycles. The molecule has 0 aliphatic carbocycles. The van der Waals surface area contributed by atoms with Crippen molar-refractivity contribution in [3.63, 3.8) is 0 Å². The van der Waals surface area contributed by atoms with E-state index >= 15 is 0 Å². The Morgan fingerprint density at radius 1 is 1.03 bits per heavy atom. The zero-order valence-electron chi connectivity index (χ0n) is 16.6. The van der Waals surface area contributed by atoms with Crippen molar-refractivity contribution in [1.82, 2.24) is 9.62 Å². The van der Waals surface area contributed by atoms with Crippen LogP contribution >= 0.6 is 11.6 Å². The topological polar surface area (TPSA) is 84.9 Å². The molecule has 2 aromatic rings. The Labute approximate surface area is 176 Å². The molecule has 7 nitrogen and oxygen atoms in total. The number of ether oxygens (including phenoxy) is 2. The van der Waals surface area contributed by atoms with Crippen molar-refractivity contribution < 1.29 is 22.7 Å². The minimum Gasteiger partial charge on any atom is -0.490 e. The lowest BCUT2D eigenvalue weighted by Crippen LogP contribution is -2.38. The van der Waals surface area contributed by atoms with Crippen molar-refractivity contribution in [1.29, 1.82) is 0 Å². The molecule has 0 aromatic heterocycles. The summed E-state index contributed by atoms with van der Waals surface area (Å²) < 4.78 is 37.2. The highest BCUT2D eigenvalue weighted by Gasteiger charge is 2.22. The van der Waals surface area contributed by atoms with Crippen molar-refractivity contribution >= 4 is 27.5 Å². The zero-order chi connectivity index (χ0) is 21.4. The highest BCUT2D eigenvalue weighted by molar-refractivity contribution is 7.89. The number of nitrogens with zero attached hydrogens (tertiary/aromatic N) is 1. The fourth-order valence-corrected chi connectivity index (χ4v) is 3.79. The third-order valence-corrected chi connectivity index (χ3v) is 6.06. The Balaban J connectivity index is 1.98. The second kappa shape index (κ2) is 10.5. The van der Waals surface area contributed by atoms with E-state index in [1.54, 1.807) is 12.1 Å². The summed E-state index contributed by atoms with van der Waals surface area (Å²) in [7, 11) is -2.43. The van der Waals surface area contributed by atoms with Crippen LogP contribution in [0.2, 0.25) is 5.02 Å². The predicted molar refractivity (Wildman–Crippen MR) is 112 cm³/mol. The Bertz CT molecular complexity index is 932. The molecule has 0 atom stereocenters. The van der Waals surface area contributed by atoms with Gasteiger partial charge >= 0.3 is 0 Å². The fourth-order valence-electron chi connectivity index (χ4n) is 2.54. The summed E-state index contributed by atoms with van der Waals surface area (Å²) >= 11 is 5.79. The molecular weight excluding hydrogens is 416 g/mol. The zero-order valence-corrected chi connectivity index (χ0v) is 18.2. The van der Waals surface area contributed by atoms with Crippen LogP contribution in [0.3, 0.4) is 0 Å². The van der Waals surface area contributed by atoms with Crippen LogP contribution in [0, 0.1) is 0 Å². The van der Waals surface area contributed by atoms with E-state index in [2.05, 4.69) is 5.32 Å². The number of rotatable bonds is 10. The molecule has 0 fully saturated rings. The lowest BCUT2D eigenvalue weighted by molar-refractivity contribution is -0.121. The van der Waals surface area contributed by atoms with Gasteiger partial charge in [0.15, 0.2) is 11.5 Å². The molecule has 158 valence electrons. The second-order valence-electron chi connectivity index (χ2n) is 6.14. The molecule has 0 aliphatic rings. The standard InChI is InChI=1S/C20H25ClN2O5S/c1-4-27-18-11-6-15(12-19(18)28-5-2)13-22-20(24)14-23(3)29(25,26)17-9-7-16(21)8-10-17/h6-12H,4-5,13-14H2,1-3H3,(H,22,24). The molecule has 0 saturated carbocycles. The Morgan fingerprint density at radius 2 is 1.66 bits per heavy atom. The van der Waals surface area contributed by atoms with Crippen molar-refractivity contribution in [2.24, 2.45) is 0 Å².